The zero-order valence-electron chi connectivity index (χ0n) is 18.3. The molecule has 3 aromatic rings. The Morgan fingerprint density at radius 2 is 1.94 bits per heavy atom. The standard InChI is InChI=1S/C24H26N2O4S2/c1-4-22-21-13-15-31-23(21)12-14-26(22)24(27)17-6-5-7-20(16-17)32(28,29)25(2)18-8-10-19(30-3)11-9-18/h5-11,13,15-16,22H,4,12,14H2,1-3H3/t22-/m0/s1. The highest BCUT2D eigenvalue weighted by atomic mass is 32.2. The molecule has 0 saturated carbocycles. The molecule has 2 aromatic carbocycles. The van der Waals surface area contributed by atoms with Crippen LogP contribution >= 0.6 is 11.3 Å². The molecule has 0 saturated heterocycles. The molecule has 2 heterocycles. The van der Waals surface area contributed by atoms with Crippen LogP contribution in [0.25, 0.3) is 0 Å². The van der Waals surface area contributed by atoms with E-state index in [-0.39, 0.29) is 16.8 Å². The lowest BCUT2D eigenvalue weighted by molar-refractivity contribution is 0.0657. The third-order valence-corrected chi connectivity index (χ3v) is 8.70. The molecule has 4 rings (SSSR count). The van der Waals surface area contributed by atoms with Crippen LogP contribution in [0.2, 0.25) is 0 Å². The van der Waals surface area contributed by atoms with Crippen LogP contribution < -0.4 is 9.04 Å². The average molecular weight is 471 g/mol. The molecule has 0 unspecified atom stereocenters. The minimum atomic E-state index is -3.83. The van der Waals surface area contributed by atoms with E-state index in [1.54, 1.807) is 54.8 Å². The maximum Gasteiger partial charge on any atom is 0.264 e. The van der Waals surface area contributed by atoms with E-state index in [4.69, 9.17) is 4.74 Å². The Balaban J connectivity index is 1.62. The van der Waals surface area contributed by atoms with E-state index < -0.39 is 10.0 Å². The zero-order chi connectivity index (χ0) is 22.9. The zero-order valence-corrected chi connectivity index (χ0v) is 19.9. The molecule has 0 fully saturated rings. The molecule has 168 valence electrons. The average Bonchev–Trinajstić information content (AvgIpc) is 3.31. The number of methoxy groups -OCH3 is 1. The number of amides is 1. The smallest absolute Gasteiger partial charge is 0.264 e. The number of ether oxygens (including phenoxy) is 1. The number of sulfonamides is 1. The van der Waals surface area contributed by atoms with Crippen molar-refractivity contribution in [2.45, 2.75) is 30.7 Å². The van der Waals surface area contributed by atoms with Gasteiger partial charge in [0.25, 0.3) is 15.9 Å². The van der Waals surface area contributed by atoms with E-state index in [0.717, 1.165) is 12.8 Å². The van der Waals surface area contributed by atoms with Crippen molar-refractivity contribution in [3.05, 3.63) is 76.0 Å². The molecular formula is C24H26N2O4S2. The van der Waals surface area contributed by atoms with Gasteiger partial charge >= 0.3 is 0 Å². The van der Waals surface area contributed by atoms with Crippen molar-refractivity contribution >= 4 is 33.0 Å². The van der Waals surface area contributed by atoms with Crippen LogP contribution in [0.3, 0.4) is 0 Å². The minimum Gasteiger partial charge on any atom is -0.497 e. The van der Waals surface area contributed by atoms with Crippen LogP contribution in [0.1, 0.15) is 40.2 Å². The fraction of sp³-hybridized carbons (Fsp3) is 0.292. The maximum absolute atomic E-state index is 13.4. The van der Waals surface area contributed by atoms with Crippen molar-refractivity contribution in [3.8, 4) is 5.75 Å². The predicted octanol–water partition coefficient (Wildman–Crippen LogP) is 4.73. The predicted molar refractivity (Wildman–Crippen MR) is 127 cm³/mol. The number of fused-ring (bicyclic) bond motifs is 1. The molecule has 6 nitrogen and oxygen atoms in total. The number of hydrogen-bond acceptors (Lipinski definition) is 5. The fourth-order valence-electron chi connectivity index (χ4n) is 4.12. The summed E-state index contributed by atoms with van der Waals surface area (Å²) in [5, 5.41) is 2.07. The van der Waals surface area contributed by atoms with Crippen LogP contribution in [0.5, 0.6) is 5.75 Å². The Kier molecular flexibility index (Phi) is 6.26. The minimum absolute atomic E-state index is 0.0136. The monoisotopic (exact) mass is 470 g/mol. The first-order valence-corrected chi connectivity index (χ1v) is 12.8. The van der Waals surface area contributed by atoms with Crippen molar-refractivity contribution < 1.29 is 17.9 Å². The van der Waals surface area contributed by atoms with Crippen molar-refractivity contribution in [2.24, 2.45) is 0 Å². The molecule has 0 radical (unpaired) electrons. The van der Waals surface area contributed by atoms with Gasteiger partial charge in [0.1, 0.15) is 5.75 Å². The number of carbonyl (C=O) groups is 1. The van der Waals surface area contributed by atoms with Crippen LogP contribution in [-0.4, -0.2) is 39.9 Å². The van der Waals surface area contributed by atoms with Crippen LogP contribution in [-0.2, 0) is 16.4 Å². The van der Waals surface area contributed by atoms with Crippen LogP contribution in [0, 0.1) is 0 Å². The molecule has 0 N–H and O–H groups in total. The van der Waals surface area contributed by atoms with E-state index in [1.165, 1.54) is 33.9 Å². The highest BCUT2D eigenvalue weighted by Crippen LogP contribution is 2.36. The third kappa shape index (κ3) is 4.00. The van der Waals surface area contributed by atoms with E-state index in [0.29, 0.717) is 23.5 Å². The van der Waals surface area contributed by atoms with Crippen molar-refractivity contribution in [1.29, 1.82) is 0 Å². The number of anilines is 1. The van der Waals surface area contributed by atoms with Gasteiger partial charge in [-0.05, 0) is 72.3 Å². The number of benzene rings is 2. The van der Waals surface area contributed by atoms with Gasteiger partial charge < -0.3 is 9.64 Å². The number of rotatable bonds is 6. The Bertz CT molecular complexity index is 1220. The van der Waals surface area contributed by atoms with Gasteiger partial charge in [-0.15, -0.1) is 11.3 Å². The van der Waals surface area contributed by atoms with Gasteiger partial charge in [-0.25, -0.2) is 8.42 Å². The van der Waals surface area contributed by atoms with Gasteiger partial charge in [-0.2, -0.15) is 0 Å². The second-order valence-electron chi connectivity index (χ2n) is 7.67. The summed E-state index contributed by atoms with van der Waals surface area (Å²) < 4.78 is 32.9. The summed E-state index contributed by atoms with van der Waals surface area (Å²) in [5.41, 5.74) is 2.10. The lowest BCUT2D eigenvalue weighted by atomic mass is 9.97. The largest absolute Gasteiger partial charge is 0.497 e. The molecule has 1 aliphatic heterocycles. The van der Waals surface area contributed by atoms with Gasteiger partial charge in [0, 0.05) is 24.0 Å². The van der Waals surface area contributed by atoms with Gasteiger partial charge in [-0.1, -0.05) is 13.0 Å². The summed E-state index contributed by atoms with van der Waals surface area (Å²) in [7, 11) is -0.774. The second kappa shape index (κ2) is 8.96. The van der Waals surface area contributed by atoms with Crippen molar-refractivity contribution in [3.63, 3.8) is 0 Å². The quantitative estimate of drug-likeness (QED) is 0.522. The van der Waals surface area contributed by atoms with Crippen LogP contribution in [0.15, 0.2) is 64.9 Å². The Morgan fingerprint density at radius 1 is 1.19 bits per heavy atom. The highest BCUT2D eigenvalue weighted by molar-refractivity contribution is 7.92. The summed E-state index contributed by atoms with van der Waals surface area (Å²) in [6, 6.07) is 15.2. The van der Waals surface area contributed by atoms with Crippen molar-refractivity contribution in [2.75, 3.05) is 25.0 Å². The van der Waals surface area contributed by atoms with E-state index in [2.05, 4.69) is 18.4 Å². The molecule has 0 aliphatic carbocycles. The third-order valence-electron chi connectivity index (χ3n) is 5.92. The van der Waals surface area contributed by atoms with E-state index in [9.17, 15) is 13.2 Å². The molecule has 1 amide bonds. The Labute approximate surface area is 193 Å². The maximum atomic E-state index is 13.4. The normalized spacial score (nSPS) is 15.8. The van der Waals surface area contributed by atoms with Crippen molar-refractivity contribution in [1.82, 2.24) is 4.90 Å². The number of carbonyl (C=O) groups excluding carboxylic acids is 1. The molecular weight excluding hydrogens is 444 g/mol. The summed E-state index contributed by atoms with van der Waals surface area (Å²) in [5.74, 6) is 0.505. The van der Waals surface area contributed by atoms with E-state index in [1.807, 2.05) is 4.90 Å². The lowest BCUT2D eigenvalue weighted by Crippen LogP contribution is -2.39. The topological polar surface area (TPSA) is 66.9 Å². The lowest BCUT2D eigenvalue weighted by Gasteiger charge is -2.35. The Hall–Kier alpha value is -2.84. The van der Waals surface area contributed by atoms with Crippen LogP contribution in [0.4, 0.5) is 5.69 Å². The fourth-order valence-corrected chi connectivity index (χ4v) is 6.29. The first kappa shape index (κ1) is 22.4. The first-order chi connectivity index (χ1) is 15.4. The summed E-state index contributed by atoms with van der Waals surface area (Å²) >= 11 is 1.73. The number of hydrogen-bond donors (Lipinski definition) is 0. The molecule has 1 atom stereocenters. The van der Waals surface area contributed by atoms with Gasteiger partial charge in [0.15, 0.2) is 0 Å². The summed E-state index contributed by atoms with van der Waals surface area (Å²) in [4.78, 5) is 16.7. The first-order valence-electron chi connectivity index (χ1n) is 10.5. The number of nitrogens with zero attached hydrogens (tertiary/aromatic N) is 2. The van der Waals surface area contributed by atoms with Gasteiger partial charge in [-0.3, -0.25) is 9.10 Å². The molecule has 1 aromatic heterocycles. The molecule has 0 bridgehead atoms. The molecule has 8 heteroatoms. The summed E-state index contributed by atoms with van der Waals surface area (Å²) in [6.45, 7) is 2.70. The number of thiophene rings is 1. The summed E-state index contributed by atoms with van der Waals surface area (Å²) in [6.07, 6.45) is 1.64. The van der Waals surface area contributed by atoms with Gasteiger partial charge in [0.2, 0.25) is 0 Å². The molecule has 1 aliphatic rings. The SMILES string of the molecule is CC[C@H]1c2ccsc2CCN1C(=O)c1cccc(S(=O)(=O)N(C)c2ccc(OC)cc2)c1. The van der Waals surface area contributed by atoms with E-state index >= 15 is 0 Å². The Morgan fingerprint density at radius 3 is 2.62 bits per heavy atom. The molecule has 32 heavy (non-hydrogen) atoms. The van der Waals surface area contributed by atoms with Gasteiger partial charge in [0.05, 0.1) is 23.7 Å². The molecule has 0 spiro atoms. The highest BCUT2D eigenvalue weighted by Gasteiger charge is 2.31. The second-order valence-corrected chi connectivity index (χ2v) is 10.6.